The molecule has 5 unspecified atom stereocenters. The maximum Gasteiger partial charge on any atom is 0.309 e. The third-order valence-electron chi connectivity index (χ3n) is 6.86. The summed E-state index contributed by atoms with van der Waals surface area (Å²) in [6.07, 6.45) is 4.28. The van der Waals surface area contributed by atoms with Gasteiger partial charge in [-0.15, -0.1) is 0 Å². The predicted octanol–water partition coefficient (Wildman–Crippen LogP) is 3.88. The lowest BCUT2D eigenvalue weighted by Gasteiger charge is -2.38. The second-order valence-electron chi connectivity index (χ2n) is 8.12. The maximum absolute atomic E-state index is 12.5. The highest BCUT2D eigenvalue weighted by Gasteiger charge is 2.62. The fraction of sp³-hybridized carbons (Fsp3) is 0.889. The number of esters is 1. The molecule has 2 bridgehead atoms. The van der Waals surface area contributed by atoms with Crippen molar-refractivity contribution in [2.45, 2.75) is 72.8 Å². The van der Waals surface area contributed by atoms with E-state index in [4.69, 9.17) is 9.84 Å². The van der Waals surface area contributed by atoms with Crippen LogP contribution in [-0.2, 0) is 14.3 Å². The number of rotatable bonds is 6. The average molecular weight is 310 g/mol. The number of aliphatic carboxylic acids is 1. The van der Waals surface area contributed by atoms with Crippen molar-refractivity contribution in [3.8, 4) is 0 Å². The fourth-order valence-corrected chi connectivity index (χ4v) is 4.50. The van der Waals surface area contributed by atoms with Crippen molar-refractivity contribution in [1.29, 1.82) is 0 Å². The molecule has 0 heterocycles. The summed E-state index contributed by atoms with van der Waals surface area (Å²) >= 11 is 0. The summed E-state index contributed by atoms with van der Waals surface area (Å²) < 4.78 is 5.89. The van der Waals surface area contributed by atoms with E-state index in [1.807, 2.05) is 6.92 Å². The first kappa shape index (κ1) is 17.3. The molecule has 0 amide bonds. The summed E-state index contributed by atoms with van der Waals surface area (Å²) in [5.74, 6) is -1.24. The second-order valence-corrected chi connectivity index (χ2v) is 8.12. The molecule has 0 radical (unpaired) electrons. The topological polar surface area (TPSA) is 63.6 Å². The van der Waals surface area contributed by atoms with E-state index in [1.54, 1.807) is 6.92 Å². The molecule has 2 fully saturated rings. The molecule has 1 N–H and O–H groups in total. The first-order valence-corrected chi connectivity index (χ1v) is 8.56. The van der Waals surface area contributed by atoms with Crippen LogP contribution in [0, 0.1) is 28.6 Å². The first-order chi connectivity index (χ1) is 10.1. The fourth-order valence-electron chi connectivity index (χ4n) is 4.50. The molecule has 2 saturated carbocycles. The van der Waals surface area contributed by atoms with E-state index in [-0.39, 0.29) is 28.8 Å². The Morgan fingerprint density at radius 1 is 1.32 bits per heavy atom. The molecule has 126 valence electrons. The van der Waals surface area contributed by atoms with Crippen LogP contribution in [0.15, 0.2) is 0 Å². The minimum atomic E-state index is -0.848. The highest BCUT2D eigenvalue weighted by atomic mass is 16.5. The van der Waals surface area contributed by atoms with Gasteiger partial charge in [0.15, 0.2) is 0 Å². The summed E-state index contributed by atoms with van der Waals surface area (Å²) in [4.78, 5) is 23.5. The summed E-state index contributed by atoms with van der Waals surface area (Å²) in [7, 11) is 0. The number of fused-ring (bicyclic) bond motifs is 2. The third kappa shape index (κ3) is 2.65. The van der Waals surface area contributed by atoms with Crippen LogP contribution < -0.4 is 0 Å². The number of carbonyl (C=O) groups is 2. The van der Waals surface area contributed by atoms with Crippen molar-refractivity contribution < 1.29 is 19.4 Å². The molecule has 2 aliphatic rings. The van der Waals surface area contributed by atoms with Gasteiger partial charge in [-0.1, -0.05) is 34.6 Å². The zero-order chi connectivity index (χ0) is 16.7. The van der Waals surface area contributed by atoms with Gasteiger partial charge in [0, 0.05) is 5.41 Å². The third-order valence-corrected chi connectivity index (χ3v) is 6.86. The summed E-state index contributed by atoms with van der Waals surface area (Å²) in [6.45, 7) is 10.4. The lowest BCUT2D eigenvalue weighted by Crippen LogP contribution is -2.39. The molecule has 0 aromatic rings. The number of carboxylic acids is 1. The molecule has 0 spiro atoms. The van der Waals surface area contributed by atoms with E-state index in [1.165, 1.54) is 6.42 Å². The highest BCUT2D eigenvalue weighted by Crippen LogP contribution is 2.66. The van der Waals surface area contributed by atoms with Crippen molar-refractivity contribution in [3.63, 3.8) is 0 Å². The monoisotopic (exact) mass is 310 g/mol. The Morgan fingerprint density at radius 2 is 1.95 bits per heavy atom. The largest absolute Gasteiger partial charge is 0.481 e. The van der Waals surface area contributed by atoms with Crippen LogP contribution in [0.1, 0.15) is 66.7 Å². The Labute approximate surface area is 133 Å². The SMILES string of the molecule is CCC(CC(C)C(=O)O)C(=O)OC1CC2CCC1(C)C2(C)C. The number of hydrogen-bond donors (Lipinski definition) is 1. The van der Waals surface area contributed by atoms with Gasteiger partial charge < -0.3 is 9.84 Å². The van der Waals surface area contributed by atoms with Crippen LogP contribution in [0.4, 0.5) is 0 Å². The van der Waals surface area contributed by atoms with Crippen molar-refractivity contribution in [2.75, 3.05) is 0 Å². The van der Waals surface area contributed by atoms with Gasteiger partial charge >= 0.3 is 11.9 Å². The Balaban J connectivity index is 2.01. The van der Waals surface area contributed by atoms with Gasteiger partial charge in [-0.05, 0) is 43.4 Å². The lowest BCUT2D eigenvalue weighted by molar-refractivity contribution is -0.163. The summed E-state index contributed by atoms with van der Waals surface area (Å²) in [6, 6.07) is 0. The first-order valence-electron chi connectivity index (χ1n) is 8.56. The van der Waals surface area contributed by atoms with Crippen LogP contribution in [-0.4, -0.2) is 23.1 Å². The number of carbonyl (C=O) groups excluding carboxylic acids is 1. The molecule has 22 heavy (non-hydrogen) atoms. The smallest absolute Gasteiger partial charge is 0.309 e. The molecule has 5 atom stereocenters. The lowest BCUT2D eigenvalue weighted by atomic mass is 9.70. The quantitative estimate of drug-likeness (QED) is 0.756. The van der Waals surface area contributed by atoms with Gasteiger partial charge in [-0.2, -0.15) is 0 Å². The molecule has 2 rings (SSSR count). The Hall–Kier alpha value is -1.06. The molecule has 0 aromatic heterocycles. The van der Waals surface area contributed by atoms with Crippen LogP contribution in [0.3, 0.4) is 0 Å². The minimum absolute atomic E-state index is 0.0112. The summed E-state index contributed by atoms with van der Waals surface area (Å²) in [5, 5.41) is 9.04. The molecule has 0 aliphatic heterocycles. The Bertz CT molecular complexity index is 456. The van der Waals surface area contributed by atoms with E-state index in [0.717, 1.165) is 12.8 Å². The van der Waals surface area contributed by atoms with Crippen molar-refractivity contribution >= 4 is 11.9 Å². The normalized spacial score (nSPS) is 35.1. The molecular weight excluding hydrogens is 280 g/mol. The van der Waals surface area contributed by atoms with Crippen molar-refractivity contribution in [1.82, 2.24) is 0 Å². The number of carboxylic acid groups (broad SMARTS) is 1. The maximum atomic E-state index is 12.5. The highest BCUT2D eigenvalue weighted by molar-refractivity contribution is 5.75. The Morgan fingerprint density at radius 3 is 2.36 bits per heavy atom. The van der Waals surface area contributed by atoms with E-state index >= 15 is 0 Å². The second kappa shape index (κ2) is 5.86. The molecule has 2 aliphatic carbocycles. The summed E-state index contributed by atoms with van der Waals surface area (Å²) in [5.41, 5.74) is 0.276. The van der Waals surface area contributed by atoms with E-state index in [9.17, 15) is 9.59 Å². The van der Waals surface area contributed by atoms with Crippen LogP contribution in [0.25, 0.3) is 0 Å². The zero-order valence-corrected chi connectivity index (χ0v) is 14.5. The zero-order valence-electron chi connectivity index (χ0n) is 14.5. The van der Waals surface area contributed by atoms with Crippen LogP contribution >= 0.6 is 0 Å². The van der Waals surface area contributed by atoms with Gasteiger partial charge in [0.25, 0.3) is 0 Å². The predicted molar refractivity (Wildman–Crippen MR) is 84.3 cm³/mol. The van der Waals surface area contributed by atoms with E-state index in [2.05, 4.69) is 20.8 Å². The van der Waals surface area contributed by atoms with Crippen LogP contribution in [0.2, 0.25) is 0 Å². The average Bonchev–Trinajstić information content (AvgIpc) is 2.77. The Kier molecular flexibility index (Phi) is 4.61. The molecule has 0 aromatic carbocycles. The molecule has 4 heteroatoms. The van der Waals surface area contributed by atoms with Gasteiger partial charge in [-0.25, -0.2) is 0 Å². The van der Waals surface area contributed by atoms with Crippen molar-refractivity contribution in [3.05, 3.63) is 0 Å². The van der Waals surface area contributed by atoms with E-state index in [0.29, 0.717) is 18.8 Å². The van der Waals surface area contributed by atoms with Gasteiger partial charge in [-0.3, -0.25) is 9.59 Å². The minimum Gasteiger partial charge on any atom is -0.481 e. The van der Waals surface area contributed by atoms with E-state index < -0.39 is 11.9 Å². The number of ether oxygens (including phenoxy) is 1. The molecule has 0 saturated heterocycles. The number of hydrogen-bond acceptors (Lipinski definition) is 3. The van der Waals surface area contributed by atoms with Gasteiger partial charge in [0.1, 0.15) is 6.10 Å². The van der Waals surface area contributed by atoms with Gasteiger partial charge in [0.05, 0.1) is 11.8 Å². The standard InChI is InChI=1S/C18H30O4/c1-6-12(9-11(2)15(19)20)16(21)22-14-10-13-7-8-18(14,5)17(13,3)4/h11-14H,6-10H2,1-5H3,(H,19,20). The van der Waals surface area contributed by atoms with Gasteiger partial charge in [0.2, 0.25) is 0 Å². The molecular formula is C18H30O4. The molecule has 4 nitrogen and oxygen atoms in total. The van der Waals surface area contributed by atoms with Crippen LogP contribution in [0.5, 0.6) is 0 Å². The van der Waals surface area contributed by atoms with Crippen molar-refractivity contribution in [2.24, 2.45) is 28.6 Å².